The Hall–Kier alpha value is -3.11. The standard InChI is InChI=1S/C28H27N2.C5H10O2.Ir/c1-17-10-18(2)13-23(12-17)27-28(24-14-19(3)11-20(4)15-24)30-25(16-29-27)26-21(5)8-7-9-22(26)6;1-4(6)3-5(2)7;/h7-12,14-16H,1-6H3;3-4,6-7H,1-2H3;/q-1;;/b;5-3-;. The van der Waals surface area contributed by atoms with Crippen molar-refractivity contribution in [3.8, 4) is 33.8 Å². The molecule has 0 amide bonds. The van der Waals surface area contributed by atoms with Crippen molar-refractivity contribution >= 4 is 0 Å². The summed E-state index contributed by atoms with van der Waals surface area (Å²) < 4.78 is 0. The van der Waals surface area contributed by atoms with E-state index in [1.807, 2.05) is 6.20 Å². The van der Waals surface area contributed by atoms with E-state index in [1.54, 1.807) is 6.92 Å². The Morgan fingerprint density at radius 3 is 1.95 bits per heavy atom. The molecule has 4 aromatic rings. The van der Waals surface area contributed by atoms with E-state index in [9.17, 15) is 0 Å². The second kappa shape index (κ2) is 13.6. The summed E-state index contributed by atoms with van der Waals surface area (Å²) in [4.78, 5) is 10.1. The summed E-state index contributed by atoms with van der Waals surface area (Å²) in [5.41, 5.74) is 13.1. The topological polar surface area (TPSA) is 66.2 Å². The first-order chi connectivity index (χ1) is 17.4. The van der Waals surface area contributed by atoms with Crippen molar-refractivity contribution in [1.29, 1.82) is 0 Å². The van der Waals surface area contributed by atoms with Crippen LogP contribution in [-0.2, 0) is 20.1 Å². The minimum Gasteiger partial charge on any atom is -0.513 e. The monoisotopic (exact) mass is 686 g/mol. The molecular formula is C33H37IrN2O2-. The predicted octanol–water partition coefficient (Wildman–Crippen LogP) is 7.95. The van der Waals surface area contributed by atoms with Crippen molar-refractivity contribution in [3.05, 3.63) is 106 Å². The van der Waals surface area contributed by atoms with Gasteiger partial charge in [-0.2, -0.15) is 0 Å². The second-order valence-corrected chi connectivity index (χ2v) is 9.90. The molecule has 1 radical (unpaired) electrons. The molecule has 5 heteroatoms. The normalized spacial score (nSPS) is 11.8. The number of aryl methyl sites for hydroxylation is 6. The van der Waals surface area contributed by atoms with Gasteiger partial charge in [-0.1, -0.05) is 61.4 Å². The fourth-order valence-electron chi connectivity index (χ4n) is 4.61. The fraction of sp³-hybridized carbons (Fsp3) is 0.273. The van der Waals surface area contributed by atoms with Crippen molar-refractivity contribution in [1.82, 2.24) is 9.97 Å². The van der Waals surface area contributed by atoms with E-state index in [0.717, 1.165) is 39.3 Å². The SMILES string of the molecule is C/C(O)=C/C(C)O.Cc1[c-]c(-c2ncc(-c3c(C)cccc3C)nc2-c2cc(C)cc(C)c2)cc(C)c1.[Ir]. The third kappa shape index (κ3) is 8.19. The molecule has 0 bridgehead atoms. The van der Waals surface area contributed by atoms with Crippen LogP contribution in [0.3, 0.4) is 0 Å². The number of aliphatic hydroxyl groups excluding tert-OH is 2. The van der Waals surface area contributed by atoms with Gasteiger partial charge in [-0.25, -0.2) is 0 Å². The van der Waals surface area contributed by atoms with Crippen LogP contribution in [0.25, 0.3) is 33.8 Å². The van der Waals surface area contributed by atoms with Gasteiger partial charge < -0.3 is 15.2 Å². The minimum absolute atomic E-state index is 0. The molecule has 38 heavy (non-hydrogen) atoms. The van der Waals surface area contributed by atoms with Gasteiger partial charge in [-0.05, 0) is 64.3 Å². The molecular weight excluding hydrogens is 649 g/mol. The van der Waals surface area contributed by atoms with Gasteiger partial charge in [0.1, 0.15) is 0 Å². The maximum Gasteiger partial charge on any atom is 0.0878 e. The average molecular weight is 686 g/mol. The number of aromatic nitrogens is 2. The van der Waals surface area contributed by atoms with E-state index in [0.29, 0.717) is 0 Å². The molecule has 0 fully saturated rings. The Morgan fingerprint density at radius 1 is 0.868 bits per heavy atom. The Morgan fingerprint density at radius 2 is 1.45 bits per heavy atom. The fourth-order valence-corrected chi connectivity index (χ4v) is 4.61. The largest absolute Gasteiger partial charge is 0.513 e. The number of hydrogen-bond donors (Lipinski definition) is 2. The maximum absolute atomic E-state index is 8.49. The van der Waals surface area contributed by atoms with Gasteiger partial charge >= 0.3 is 0 Å². The molecule has 0 spiro atoms. The van der Waals surface area contributed by atoms with Crippen LogP contribution in [0.5, 0.6) is 0 Å². The minimum atomic E-state index is -0.537. The first kappa shape index (κ1) is 31.1. The number of rotatable bonds is 4. The summed E-state index contributed by atoms with van der Waals surface area (Å²) in [5.74, 6) is 0.162. The zero-order valence-electron chi connectivity index (χ0n) is 23.5. The molecule has 2 N–H and O–H groups in total. The summed E-state index contributed by atoms with van der Waals surface area (Å²) in [7, 11) is 0. The van der Waals surface area contributed by atoms with Crippen LogP contribution in [0.15, 0.2) is 66.6 Å². The van der Waals surface area contributed by atoms with Crippen molar-refractivity contribution in [2.45, 2.75) is 61.5 Å². The van der Waals surface area contributed by atoms with Crippen LogP contribution in [-0.4, -0.2) is 26.3 Å². The molecule has 1 heterocycles. The van der Waals surface area contributed by atoms with Gasteiger partial charge in [0.25, 0.3) is 0 Å². The van der Waals surface area contributed by atoms with Gasteiger partial charge in [0.15, 0.2) is 0 Å². The molecule has 4 nitrogen and oxygen atoms in total. The Kier molecular flexibility index (Phi) is 11.1. The molecule has 3 aromatic carbocycles. The van der Waals surface area contributed by atoms with Crippen LogP contribution in [0.1, 0.15) is 47.2 Å². The zero-order valence-corrected chi connectivity index (χ0v) is 25.9. The third-order valence-corrected chi connectivity index (χ3v) is 5.89. The van der Waals surface area contributed by atoms with Crippen molar-refractivity contribution < 1.29 is 30.3 Å². The first-order valence-corrected chi connectivity index (χ1v) is 12.5. The van der Waals surface area contributed by atoms with Gasteiger partial charge in [0, 0.05) is 37.6 Å². The maximum atomic E-state index is 8.49. The van der Waals surface area contributed by atoms with Crippen LogP contribution in [0.4, 0.5) is 0 Å². The molecule has 201 valence electrons. The quantitative estimate of drug-likeness (QED) is 0.169. The second-order valence-electron chi connectivity index (χ2n) is 9.90. The number of aliphatic hydroxyl groups is 2. The Bertz CT molecular complexity index is 1380. The van der Waals surface area contributed by atoms with E-state index in [1.165, 1.54) is 40.8 Å². The molecule has 1 atom stereocenters. The van der Waals surface area contributed by atoms with Gasteiger partial charge in [0.2, 0.25) is 0 Å². The van der Waals surface area contributed by atoms with Crippen LogP contribution >= 0.6 is 0 Å². The van der Waals surface area contributed by atoms with Crippen LogP contribution in [0, 0.1) is 47.6 Å². The molecule has 0 saturated heterocycles. The molecule has 0 aliphatic heterocycles. The van der Waals surface area contributed by atoms with E-state index in [2.05, 4.69) is 96.1 Å². The van der Waals surface area contributed by atoms with Crippen LogP contribution < -0.4 is 0 Å². The molecule has 0 aliphatic rings. The summed E-state index contributed by atoms with van der Waals surface area (Å²) in [6.45, 7) is 15.8. The number of benzene rings is 3. The molecule has 1 unspecified atom stereocenters. The molecule has 4 rings (SSSR count). The summed E-state index contributed by atoms with van der Waals surface area (Å²) in [5, 5.41) is 16.9. The predicted molar refractivity (Wildman–Crippen MR) is 154 cm³/mol. The number of hydrogen-bond acceptors (Lipinski definition) is 4. The van der Waals surface area contributed by atoms with Crippen LogP contribution in [0.2, 0.25) is 0 Å². The van der Waals surface area contributed by atoms with E-state index < -0.39 is 6.10 Å². The number of allylic oxidation sites excluding steroid dienone is 1. The van der Waals surface area contributed by atoms with E-state index in [4.69, 9.17) is 20.2 Å². The van der Waals surface area contributed by atoms with Crippen molar-refractivity contribution in [3.63, 3.8) is 0 Å². The molecule has 0 aliphatic carbocycles. The summed E-state index contributed by atoms with van der Waals surface area (Å²) in [6.07, 6.45) is 2.73. The van der Waals surface area contributed by atoms with Crippen molar-refractivity contribution in [2.24, 2.45) is 0 Å². The molecule has 0 saturated carbocycles. The Labute approximate surface area is 240 Å². The van der Waals surface area contributed by atoms with E-state index >= 15 is 0 Å². The van der Waals surface area contributed by atoms with Gasteiger partial charge in [-0.15, -0.1) is 34.9 Å². The summed E-state index contributed by atoms with van der Waals surface area (Å²) >= 11 is 0. The smallest absolute Gasteiger partial charge is 0.0878 e. The summed E-state index contributed by atoms with van der Waals surface area (Å²) in [6, 6.07) is 20.7. The number of nitrogens with zero attached hydrogens (tertiary/aromatic N) is 2. The zero-order chi connectivity index (χ0) is 27.3. The third-order valence-electron chi connectivity index (χ3n) is 5.89. The van der Waals surface area contributed by atoms with E-state index in [-0.39, 0.29) is 25.9 Å². The average Bonchev–Trinajstić information content (AvgIpc) is 2.77. The van der Waals surface area contributed by atoms with Gasteiger partial charge in [0.05, 0.1) is 23.3 Å². The Balaban J connectivity index is 0.000000561. The van der Waals surface area contributed by atoms with Crippen molar-refractivity contribution in [2.75, 3.05) is 0 Å². The first-order valence-electron chi connectivity index (χ1n) is 12.5. The van der Waals surface area contributed by atoms with Gasteiger partial charge in [-0.3, -0.25) is 4.98 Å². The molecule has 1 aromatic heterocycles.